The summed E-state index contributed by atoms with van der Waals surface area (Å²) in [5.41, 5.74) is 1.77. The zero-order chi connectivity index (χ0) is 16.7. The van der Waals surface area contributed by atoms with E-state index < -0.39 is 0 Å². The maximum atomic E-state index is 13.1. The van der Waals surface area contributed by atoms with Crippen molar-refractivity contribution in [1.82, 2.24) is 9.88 Å². The predicted octanol–water partition coefficient (Wildman–Crippen LogP) is 3.46. The molecule has 5 nitrogen and oxygen atoms in total. The van der Waals surface area contributed by atoms with Crippen LogP contribution < -0.4 is 0 Å². The highest BCUT2D eigenvalue weighted by Crippen LogP contribution is 2.40. The first-order valence-corrected chi connectivity index (χ1v) is 8.58. The van der Waals surface area contributed by atoms with Crippen molar-refractivity contribution in [3.8, 4) is 0 Å². The predicted molar refractivity (Wildman–Crippen MR) is 88.8 cm³/mol. The average Bonchev–Trinajstić information content (AvgIpc) is 3.37. The summed E-state index contributed by atoms with van der Waals surface area (Å²) in [6, 6.07) is 9.93. The summed E-state index contributed by atoms with van der Waals surface area (Å²) in [5.74, 6) is 1.41. The Hall–Kier alpha value is -2.14. The molecule has 1 saturated carbocycles. The number of carbonyl (C=O) groups excluding carboxylic acids is 1. The summed E-state index contributed by atoms with van der Waals surface area (Å²) < 4.78 is 11.6. The topological polar surface area (TPSA) is 55.6 Å². The Morgan fingerprint density at radius 1 is 1.25 bits per heavy atom. The van der Waals surface area contributed by atoms with Gasteiger partial charge in [0.25, 0.3) is 5.91 Å². The van der Waals surface area contributed by atoms with Crippen molar-refractivity contribution in [3.63, 3.8) is 0 Å². The number of rotatable bonds is 3. The summed E-state index contributed by atoms with van der Waals surface area (Å²) in [6.45, 7) is 4.89. The molecule has 24 heavy (non-hydrogen) atoms. The largest absolute Gasteiger partial charge is 0.435 e. The van der Waals surface area contributed by atoms with Gasteiger partial charge in [-0.3, -0.25) is 4.79 Å². The standard InChI is InChI=1S/C19H22N2O3/c1-12-10-21(16(11-23-12)14-6-4-3-5-7-14)19(22)17-13(2)20-18(24-17)15-8-9-15/h3-7,12,15-16H,8-11H2,1-2H3/t12-,16+/m1/s1. The van der Waals surface area contributed by atoms with Crippen molar-refractivity contribution < 1.29 is 13.9 Å². The Labute approximate surface area is 141 Å². The number of hydrogen-bond acceptors (Lipinski definition) is 4. The van der Waals surface area contributed by atoms with Crippen molar-refractivity contribution in [2.45, 2.75) is 44.8 Å². The Bertz CT molecular complexity index is 736. The van der Waals surface area contributed by atoms with Crippen LogP contribution in [-0.4, -0.2) is 35.0 Å². The van der Waals surface area contributed by atoms with Crippen LogP contribution in [0.4, 0.5) is 0 Å². The first-order valence-electron chi connectivity index (χ1n) is 8.58. The number of aromatic nitrogens is 1. The van der Waals surface area contributed by atoms with E-state index in [1.807, 2.05) is 49.1 Å². The number of nitrogens with zero attached hydrogens (tertiary/aromatic N) is 2. The number of amides is 1. The maximum absolute atomic E-state index is 13.1. The van der Waals surface area contributed by atoms with Gasteiger partial charge in [-0.2, -0.15) is 0 Å². The monoisotopic (exact) mass is 326 g/mol. The van der Waals surface area contributed by atoms with Crippen LogP contribution in [0.2, 0.25) is 0 Å². The summed E-state index contributed by atoms with van der Waals surface area (Å²) in [6.07, 6.45) is 2.23. The molecule has 0 radical (unpaired) electrons. The third-order valence-electron chi connectivity index (χ3n) is 4.75. The molecule has 2 heterocycles. The number of aryl methyl sites for hydroxylation is 1. The Balaban J connectivity index is 1.64. The third-order valence-corrected chi connectivity index (χ3v) is 4.75. The van der Waals surface area contributed by atoms with Crippen LogP contribution in [0.25, 0.3) is 0 Å². The minimum Gasteiger partial charge on any atom is -0.435 e. The third kappa shape index (κ3) is 2.84. The molecule has 0 bridgehead atoms. The van der Waals surface area contributed by atoms with Gasteiger partial charge < -0.3 is 14.1 Å². The summed E-state index contributed by atoms with van der Waals surface area (Å²) >= 11 is 0. The van der Waals surface area contributed by atoms with Gasteiger partial charge in [0.1, 0.15) is 0 Å². The fraction of sp³-hybridized carbons (Fsp3) is 0.474. The lowest BCUT2D eigenvalue weighted by Gasteiger charge is -2.38. The zero-order valence-corrected chi connectivity index (χ0v) is 14.1. The van der Waals surface area contributed by atoms with Gasteiger partial charge in [-0.05, 0) is 32.3 Å². The van der Waals surface area contributed by atoms with E-state index in [0.717, 1.165) is 18.4 Å². The van der Waals surface area contributed by atoms with Gasteiger partial charge in [0, 0.05) is 12.5 Å². The summed E-state index contributed by atoms with van der Waals surface area (Å²) in [4.78, 5) is 19.5. The first-order chi connectivity index (χ1) is 11.6. The van der Waals surface area contributed by atoms with E-state index >= 15 is 0 Å². The van der Waals surface area contributed by atoms with Crippen LogP contribution in [0.15, 0.2) is 34.7 Å². The molecular formula is C19H22N2O3. The van der Waals surface area contributed by atoms with Crippen LogP contribution in [0.1, 0.15) is 59.4 Å². The zero-order valence-electron chi connectivity index (χ0n) is 14.1. The molecule has 0 unspecified atom stereocenters. The molecule has 1 saturated heterocycles. The van der Waals surface area contributed by atoms with Gasteiger partial charge in [-0.15, -0.1) is 0 Å². The molecular weight excluding hydrogens is 304 g/mol. The van der Waals surface area contributed by atoms with E-state index in [4.69, 9.17) is 9.15 Å². The highest BCUT2D eigenvalue weighted by molar-refractivity contribution is 5.93. The SMILES string of the molecule is Cc1nc(C2CC2)oc1C(=O)N1C[C@@H](C)OC[C@H]1c1ccccc1. The van der Waals surface area contributed by atoms with Gasteiger partial charge in [-0.1, -0.05) is 30.3 Å². The lowest BCUT2D eigenvalue weighted by molar-refractivity contribution is -0.0457. The molecule has 2 aromatic rings. The first kappa shape index (κ1) is 15.4. The highest BCUT2D eigenvalue weighted by atomic mass is 16.5. The van der Waals surface area contributed by atoms with E-state index in [2.05, 4.69) is 4.98 Å². The summed E-state index contributed by atoms with van der Waals surface area (Å²) in [7, 11) is 0. The molecule has 1 aromatic heterocycles. The molecule has 2 aliphatic rings. The normalized spacial score (nSPS) is 24.2. The maximum Gasteiger partial charge on any atom is 0.292 e. The molecule has 2 fully saturated rings. The van der Waals surface area contributed by atoms with Crippen molar-refractivity contribution in [2.24, 2.45) is 0 Å². The van der Waals surface area contributed by atoms with Gasteiger partial charge in [0.05, 0.1) is 24.4 Å². The molecule has 5 heteroatoms. The molecule has 1 amide bonds. The molecule has 1 aliphatic carbocycles. The minimum absolute atomic E-state index is 0.0139. The van der Waals surface area contributed by atoms with E-state index in [0.29, 0.717) is 36.4 Å². The number of morpholine rings is 1. The van der Waals surface area contributed by atoms with Crippen LogP contribution >= 0.6 is 0 Å². The van der Waals surface area contributed by atoms with Crippen molar-refractivity contribution in [3.05, 3.63) is 53.2 Å². The molecule has 2 atom stereocenters. The van der Waals surface area contributed by atoms with E-state index in [-0.39, 0.29) is 18.1 Å². The molecule has 0 spiro atoms. The second kappa shape index (κ2) is 6.06. The number of ether oxygens (including phenoxy) is 1. The molecule has 1 aliphatic heterocycles. The Morgan fingerprint density at radius 3 is 2.71 bits per heavy atom. The van der Waals surface area contributed by atoms with Crippen molar-refractivity contribution in [2.75, 3.05) is 13.2 Å². The smallest absolute Gasteiger partial charge is 0.292 e. The van der Waals surface area contributed by atoms with Gasteiger partial charge in [0.2, 0.25) is 5.76 Å². The summed E-state index contributed by atoms with van der Waals surface area (Å²) in [5, 5.41) is 0. The van der Waals surface area contributed by atoms with E-state index in [1.165, 1.54) is 0 Å². The minimum atomic E-state index is -0.0937. The number of benzene rings is 1. The van der Waals surface area contributed by atoms with Gasteiger partial charge in [0.15, 0.2) is 5.89 Å². The van der Waals surface area contributed by atoms with Crippen LogP contribution in [-0.2, 0) is 4.74 Å². The Kier molecular flexibility index (Phi) is 3.88. The number of hydrogen-bond donors (Lipinski definition) is 0. The second-order valence-electron chi connectivity index (χ2n) is 6.77. The lowest BCUT2D eigenvalue weighted by atomic mass is 10.0. The van der Waals surface area contributed by atoms with Crippen LogP contribution in [0.5, 0.6) is 0 Å². The quantitative estimate of drug-likeness (QED) is 0.867. The average molecular weight is 326 g/mol. The fourth-order valence-electron chi connectivity index (χ4n) is 3.23. The number of carbonyl (C=O) groups is 1. The van der Waals surface area contributed by atoms with Gasteiger partial charge in [-0.25, -0.2) is 4.98 Å². The second-order valence-corrected chi connectivity index (χ2v) is 6.77. The van der Waals surface area contributed by atoms with E-state index in [9.17, 15) is 4.79 Å². The molecule has 0 N–H and O–H groups in total. The van der Waals surface area contributed by atoms with Crippen molar-refractivity contribution in [1.29, 1.82) is 0 Å². The number of oxazole rings is 1. The highest BCUT2D eigenvalue weighted by Gasteiger charge is 2.36. The van der Waals surface area contributed by atoms with Crippen LogP contribution in [0, 0.1) is 6.92 Å². The fourth-order valence-corrected chi connectivity index (χ4v) is 3.23. The Morgan fingerprint density at radius 2 is 2.00 bits per heavy atom. The molecule has 126 valence electrons. The van der Waals surface area contributed by atoms with Crippen LogP contribution in [0.3, 0.4) is 0 Å². The lowest BCUT2D eigenvalue weighted by Crippen LogP contribution is -2.46. The molecule has 4 rings (SSSR count). The van der Waals surface area contributed by atoms with E-state index in [1.54, 1.807) is 0 Å². The van der Waals surface area contributed by atoms with Crippen molar-refractivity contribution >= 4 is 5.91 Å². The van der Waals surface area contributed by atoms with Gasteiger partial charge >= 0.3 is 0 Å². The molecule has 1 aromatic carbocycles.